The summed E-state index contributed by atoms with van der Waals surface area (Å²) in [6.45, 7) is 1.37. The molecule has 0 atom stereocenters. The number of piperidine rings is 1. The number of hydrogen-bond acceptors (Lipinski definition) is 5. The second-order valence-corrected chi connectivity index (χ2v) is 8.51. The Bertz CT molecular complexity index is 1270. The summed E-state index contributed by atoms with van der Waals surface area (Å²) in [6, 6.07) is 15.6. The van der Waals surface area contributed by atoms with Crippen LogP contribution in [0.3, 0.4) is 0 Å². The molecular formula is C25H25N3O5. The first kappa shape index (κ1) is 21.1. The molecule has 0 saturated carbocycles. The highest BCUT2D eigenvalue weighted by Crippen LogP contribution is 2.32. The molecule has 1 N–H and O–H groups in total. The number of amides is 1. The maximum Gasteiger partial charge on any atom is 0.328 e. The number of aromatic nitrogens is 2. The average molecular weight is 447 g/mol. The topological polar surface area (TPSA) is 93.6 Å². The Kier molecular flexibility index (Phi) is 5.73. The summed E-state index contributed by atoms with van der Waals surface area (Å²) in [4.78, 5) is 42.8. The van der Waals surface area contributed by atoms with E-state index in [4.69, 9.17) is 9.47 Å². The third kappa shape index (κ3) is 4.41. The van der Waals surface area contributed by atoms with E-state index in [9.17, 15) is 14.4 Å². The van der Waals surface area contributed by atoms with E-state index in [1.165, 1.54) is 11.8 Å². The van der Waals surface area contributed by atoms with Gasteiger partial charge >= 0.3 is 5.69 Å². The number of aromatic amines is 1. The van der Waals surface area contributed by atoms with Crippen LogP contribution in [0.2, 0.25) is 0 Å². The van der Waals surface area contributed by atoms with Crippen molar-refractivity contribution < 1.29 is 14.3 Å². The lowest BCUT2D eigenvalue weighted by Gasteiger charge is -2.32. The van der Waals surface area contributed by atoms with Crippen molar-refractivity contribution in [2.24, 2.45) is 5.92 Å². The average Bonchev–Trinajstić information content (AvgIpc) is 3.31. The molecule has 3 aromatic rings. The van der Waals surface area contributed by atoms with E-state index in [0.29, 0.717) is 36.1 Å². The van der Waals surface area contributed by atoms with Crippen LogP contribution in [0.5, 0.6) is 11.5 Å². The molecule has 3 heterocycles. The Morgan fingerprint density at radius 1 is 0.970 bits per heavy atom. The van der Waals surface area contributed by atoms with Crippen LogP contribution in [0.25, 0.3) is 0 Å². The maximum absolute atomic E-state index is 13.1. The second-order valence-electron chi connectivity index (χ2n) is 8.51. The summed E-state index contributed by atoms with van der Waals surface area (Å²) >= 11 is 0. The molecule has 0 radical (unpaired) electrons. The highest BCUT2D eigenvalue weighted by atomic mass is 16.7. The Morgan fingerprint density at radius 3 is 2.52 bits per heavy atom. The van der Waals surface area contributed by atoms with Gasteiger partial charge in [0.05, 0.1) is 6.54 Å². The van der Waals surface area contributed by atoms with E-state index >= 15 is 0 Å². The number of carbonyl (C=O) groups is 1. The predicted octanol–water partition coefficient (Wildman–Crippen LogP) is 2.41. The van der Waals surface area contributed by atoms with Gasteiger partial charge in [-0.05, 0) is 48.4 Å². The van der Waals surface area contributed by atoms with Crippen LogP contribution in [0.1, 0.15) is 34.3 Å². The van der Waals surface area contributed by atoms with Crippen LogP contribution in [0, 0.1) is 5.92 Å². The molecule has 33 heavy (non-hydrogen) atoms. The lowest BCUT2D eigenvalue weighted by molar-refractivity contribution is 0.0687. The third-order valence-corrected chi connectivity index (χ3v) is 6.34. The predicted molar refractivity (Wildman–Crippen MR) is 122 cm³/mol. The van der Waals surface area contributed by atoms with Crippen LogP contribution in [0.15, 0.2) is 64.3 Å². The normalized spacial score (nSPS) is 15.6. The zero-order valence-electron chi connectivity index (χ0n) is 18.2. The number of nitrogens with one attached hydrogen (secondary N) is 1. The second kappa shape index (κ2) is 8.97. The SMILES string of the molecule is O=C(c1c[nH]c(=O)n(Cc2ccc3c(c2)OCO3)c1=O)N1CCC(Cc2ccccc2)CC1. The molecule has 0 bridgehead atoms. The molecule has 1 aromatic heterocycles. The summed E-state index contributed by atoms with van der Waals surface area (Å²) < 4.78 is 11.7. The van der Waals surface area contributed by atoms with Gasteiger partial charge in [-0.1, -0.05) is 36.4 Å². The minimum absolute atomic E-state index is 0.0168. The first-order chi connectivity index (χ1) is 16.1. The summed E-state index contributed by atoms with van der Waals surface area (Å²) in [5, 5.41) is 0. The van der Waals surface area contributed by atoms with Crippen LogP contribution in [0.4, 0.5) is 0 Å². The smallest absolute Gasteiger partial charge is 0.328 e. The number of nitrogens with zero attached hydrogens (tertiary/aromatic N) is 2. The molecule has 5 rings (SSSR count). The molecule has 8 nitrogen and oxygen atoms in total. The van der Waals surface area contributed by atoms with Gasteiger partial charge in [0.15, 0.2) is 11.5 Å². The monoisotopic (exact) mass is 447 g/mol. The molecule has 1 amide bonds. The van der Waals surface area contributed by atoms with Gasteiger partial charge in [-0.2, -0.15) is 0 Å². The van der Waals surface area contributed by atoms with Gasteiger partial charge in [-0.15, -0.1) is 0 Å². The number of likely N-dealkylation sites (tertiary alicyclic amines) is 1. The molecule has 0 spiro atoms. The molecular weight excluding hydrogens is 422 g/mol. The number of benzene rings is 2. The quantitative estimate of drug-likeness (QED) is 0.648. The molecule has 8 heteroatoms. The van der Waals surface area contributed by atoms with Crippen LogP contribution in [-0.4, -0.2) is 40.2 Å². The van der Waals surface area contributed by atoms with Crippen molar-refractivity contribution in [3.05, 3.63) is 92.3 Å². The van der Waals surface area contributed by atoms with Crippen molar-refractivity contribution >= 4 is 5.91 Å². The minimum atomic E-state index is -0.590. The molecule has 2 aromatic carbocycles. The molecule has 170 valence electrons. The third-order valence-electron chi connectivity index (χ3n) is 6.34. The van der Waals surface area contributed by atoms with Gasteiger partial charge in [0.25, 0.3) is 11.5 Å². The summed E-state index contributed by atoms with van der Waals surface area (Å²) in [7, 11) is 0. The largest absolute Gasteiger partial charge is 0.454 e. The van der Waals surface area contributed by atoms with Crippen molar-refractivity contribution in [1.29, 1.82) is 0 Å². The number of rotatable bonds is 5. The fourth-order valence-corrected chi connectivity index (χ4v) is 4.49. The summed E-state index contributed by atoms with van der Waals surface area (Å²) in [5.41, 5.74) is 0.841. The Labute approximate surface area is 190 Å². The Hall–Kier alpha value is -3.81. The number of ether oxygens (including phenoxy) is 2. The Morgan fingerprint density at radius 2 is 1.73 bits per heavy atom. The van der Waals surface area contributed by atoms with Gasteiger partial charge < -0.3 is 19.4 Å². The van der Waals surface area contributed by atoms with Crippen molar-refractivity contribution in [2.75, 3.05) is 19.9 Å². The molecule has 0 unspecified atom stereocenters. The fraction of sp³-hybridized carbons (Fsp3) is 0.320. The Balaban J connectivity index is 1.29. The van der Waals surface area contributed by atoms with E-state index in [2.05, 4.69) is 17.1 Å². The summed E-state index contributed by atoms with van der Waals surface area (Å²) in [6.07, 6.45) is 3.99. The van der Waals surface area contributed by atoms with E-state index in [-0.39, 0.29) is 24.8 Å². The van der Waals surface area contributed by atoms with Crippen molar-refractivity contribution in [1.82, 2.24) is 14.5 Å². The lowest BCUT2D eigenvalue weighted by Crippen LogP contribution is -2.44. The van der Waals surface area contributed by atoms with Crippen molar-refractivity contribution in [2.45, 2.75) is 25.8 Å². The van der Waals surface area contributed by atoms with Gasteiger partial charge in [0.1, 0.15) is 5.56 Å². The fourth-order valence-electron chi connectivity index (χ4n) is 4.49. The molecule has 0 aliphatic carbocycles. The van der Waals surface area contributed by atoms with E-state index in [1.54, 1.807) is 23.1 Å². The molecule has 1 fully saturated rings. The van der Waals surface area contributed by atoms with Gasteiger partial charge in [0.2, 0.25) is 6.79 Å². The highest BCUT2D eigenvalue weighted by Gasteiger charge is 2.26. The van der Waals surface area contributed by atoms with Crippen LogP contribution in [-0.2, 0) is 13.0 Å². The van der Waals surface area contributed by atoms with Gasteiger partial charge in [-0.3, -0.25) is 14.2 Å². The molecule has 2 aliphatic heterocycles. The van der Waals surface area contributed by atoms with Crippen LogP contribution < -0.4 is 20.7 Å². The van der Waals surface area contributed by atoms with Gasteiger partial charge in [0, 0.05) is 19.3 Å². The van der Waals surface area contributed by atoms with Crippen molar-refractivity contribution in [3.8, 4) is 11.5 Å². The number of carbonyl (C=O) groups excluding carboxylic acids is 1. The van der Waals surface area contributed by atoms with Crippen LogP contribution >= 0.6 is 0 Å². The standard InChI is InChI=1S/C25H25N3O5/c29-23(27-10-8-18(9-11-27)12-17-4-2-1-3-5-17)20-14-26-25(31)28(24(20)30)15-19-6-7-21-22(13-19)33-16-32-21/h1-7,13-14,18H,8-12,15-16H2,(H,26,31). The molecule has 1 saturated heterocycles. The van der Waals surface area contributed by atoms with Gasteiger partial charge in [-0.25, -0.2) is 4.79 Å². The molecule has 2 aliphatic rings. The first-order valence-corrected chi connectivity index (χ1v) is 11.1. The maximum atomic E-state index is 13.1. The van der Waals surface area contributed by atoms with Crippen molar-refractivity contribution in [3.63, 3.8) is 0 Å². The number of H-pyrrole nitrogens is 1. The first-order valence-electron chi connectivity index (χ1n) is 11.1. The minimum Gasteiger partial charge on any atom is -0.454 e. The zero-order chi connectivity index (χ0) is 22.8. The van der Waals surface area contributed by atoms with E-state index < -0.39 is 11.2 Å². The highest BCUT2D eigenvalue weighted by molar-refractivity contribution is 5.93. The zero-order valence-corrected chi connectivity index (χ0v) is 18.2. The lowest BCUT2D eigenvalue weighted by atomic mass is 9.90. The summed E-state index contributed by atoms with van der Waals surface area (Å²) in [5.74, 6) is 1.37. The van der Waals surface area contributed by atoms with E-state index in [1.807, 2.05) is 18.2 Å². The number of hydrogen-bond donors (Lipinski definition) is 1. The van der Waals surface area contributed by atoms with E-state index in [0.717, 1.165) is 23.8 Å². The number of fused-ring (bicyclic) bond motifs is 1.